The van der Waals surface area contributed by atoms with E-state index in [1.807, 2.05) is 29.8 Å². The third-order valence-electron chi connectivity index (χ3n) is 2.58. The van der Waals surface area contributed by atoms with Gasteiger partial charge in [-0.3, -0.25) is 4.79 Å². The number of nitrogens with zero attached hydrogens (tertiary/aromatic N) is 1. The minimum atomic E-state index is 0.0480. The Labute approximate surface area is 96.8 Å². The number of amides is 1. The van der Waals surface area contributed by atoms with Crippen molar-refractivity contribution in [2.24, 2.45) is 5.73 Å². The van der Waals surface area contributed by atoms with Gasteiger partial charge in [0.15, 0.2) is 0 Å². The molecule has 16 heavy (non-hydrogen) atoms. The Morgan fingerprint density at radius 1 is 1.62 bits per heavy atom. The second kappa shape index (κ2) is 6.33. The zero-order valence-corrected chi connectivity index (χ0v) is 10.1. The molecule has 0 aliphatic heterocycles. The fourth-order valence-corrected chi connectivity index (χ4v) is 1.77. The molecule has 1 aromatic heterocycles. The van der Waals surface area contributed by atoms with Crippen molar-refractivity contribution in [3.63, 3.8) is 0 Å². The number of hydrogen-bond acceptors (Lipinski definition) is 2. The van der Waals surface area contributed by atoms with E-state index in [2.05, 4.69) is 12.2 Å². The maximum absolute atomic E-state index is 11.7. The van der Waals surface area contributed by atoms with Crippen molar-refractivity contribution >= 4 is 5.91 Å². The quantitative estimate of drug-likeness (QED) is 0.762. The number of nitrogens with one attached hydrogen (secondary N) is 1. The van der Waals surface area contributed by atoms with Crippen LogP contribution < -0.4 is 11.1 Å². The van der Waals surface area contributed by atoms with E-state index in [9.17, 15) is 4.79 Å². The monoisotopic (exact) mass is 223 g/mol. The maximum Gasteiger partial charge on any atom is 0.240 e. The summed E-state index contributed by atoms with van der Waals surface area (Å²) < 4.78 is 1.88. The molecular weight excluding hydrogens is 202 g/mol. The van der Waals surface area contributed by atoms with Gasteiger partial charge >= 0.3 is 0 Å². The van der Waals surface area contributed by atoms with E-state index in [0.29, 0.717) is 13.1 Å². The summed E-state index contributed by atoms with van der Waals surface area (Å²) in [5.74, 6) is 0.0480. The zero-order chi connectivity index (χ0) is 12.0. The average Bonchev–Trinajstić information content (AvgIpc) is 2.65. The van der Waals surface area contributed by atoms with Gasteiger partial charge < -0.3 is 15.6 Å². The van der Waals surface area contributed by atoms with Gasteiger partial charge in [0.25, 0.3) is 0 Å². The minimum absolute atomic E-state index is 0.0480. The third-order valence-corrected chi connectivity index (χ3v) is 2.58. The second-order valence-electron chi connectivity index (χ2n) is 4.09. The van der Waals surface area contributed by atoms with Crippen molar-refractivity contribution in [2.75, 3.05) is 0 Å². The van der Waals surface area contributed by atoms with E-state index < -0.39 is 0 Å². The van der Waals surface area contributed by atoms with Crippen LogP contribution in [-0.2, 0) is 17.9 Å². The van der Waals surface area contributed by atoms with Gasteiger partial charge in [0.1, 0.15) is 6.54 Å². The molecule has 0 aromatic carbocycles. The number of rotatable bonds is 6. The van der Waals surface area contributed by atoms with Crippen molar-refractivity contribution in [1.29, 1.82) is 0 Å². The molecule has 1 amide bonds. The molecule has 0 saturated heterocycles. The smallest absolute Gasteiger partial charge is 0.240 e. The second-order valence-corrected chi connectivity index (χ2v) is 4.09. The van der Waals surface area contributed by atoms with E-state index >= 15 is 0 Å². The molecule has 3 N–H and O–H groups in total. The predicted molar refractivity (Wildman–Crippen MR) is 64.8 cm³/mol. The predicted octanol–water partition coefficient (Wildman–Crippen LogP) is 1.25. The molecule has 1 rings (SSSR count). The molecule has 0 aliphatic carbocycles. The van der Waals surface area contributed by atoms with E-state index in [1.54, 1.807) is 0 Å². The first-order valence-corrected chi connectivity index (χ1v) is 5.80. The van der Waals surface area contributed by atoms with Gasteiger partial charge in [-0.15, -0.1) is 0 Å². The number of carbonyl (C=O) groups is 1. The van der Waals surface area contributed by atoms with Crippen LogP contribution in [-0.4, -0.2) is 16.5 Å². The molecule has 1 atom stereocenters. The molecule has 1 aromatic rings. The zero-order valence-electron chi connectivity index (χ0n) is 10.1. The Bertz CT molecular complexity index is 333. The van der Waals surface area contributed by atoms with Gasteiger partial charge in [0.2, 0.25) is 5.91 Å². The Balaban J connectivity index is 2.45. The van der Waals surface area contributed by atoms with E-state index in [0.717, 1.165) is 18.5 Å². The first kappa shape index (κ1) is 12.8. The highest BCUT2D eigenvalue weighted by atomic mass is 16.2. The molecule has 1 unspecified atom stereocenters. The fourth-order valence-electron chi connectivity index (χ4n) is 1.77. The van der Waals surface area contributed by atoms with Crippen LogP contribution in [0.4, 0.5) is 0 Å². The third kappa shape index (κ3) is 3.70. The summed E-state index contributed by atoms with van der Waals surface area (Å²) in [7, 11) is 0. The van der Waals surface area contributed by atoms with Crippen molar-refractivity contribution in [3.8, 4) is 0 Å². The number of nitrogens with two attached hydrogens (primary N) is 1. The summed E-state index contributed by atoms with van der Waals surface area (Å²) in [6.45, 7) is 4.96. The SMILES string of the molecule is CCCC(C)NC(=O)Cn1cccc1CN. The van der Waals surface area contributed by atoms with Gasteiger partial charge in [0.05, 0.1) is 0 Å². The van der Waals surface area contributed by atoms with Gasteiger partial charge in [-0.2, -0.15) is 0 Å². The lowest BCUT2D eigenvalue weighted by molar-refractivity contribution is -0.122. The van der Waals surface area contributed by atoms with Crippen LogP contribution >= 0.6 is 0 Å². The Kier molecular flexibility index (Phi) is 5.05. The van der Waals surface area contributed by atoms with Crippen molar-refractivity contribution < 1.29 is 4.79 Å². The molecule has 4 nitrogen and oxygen atoms in total. The number of hydrogen-bond donors (Lipinski definition) is 2. The van der Waals surface area contributed by atoms with Crippen molar-refractivity contribution in [3.05, 3.63) is 24.0 Å². The lowest BCUT2D eigenvalue weighted by Crippen LogP contribution is -2.35. The highest BCUT2D eigenvalue weighted by Gasteiger charge is 2.08. The highest BCUT2D eigenvalue weighted by molar-refractivity contribution is 5.76. The van der Waals surface area contributed by atoms with Gasteiger partial charge in [-0.25, -0.2) is 0 Å². The fraction of sp³-hybridized carbons (Fsp3) is 0.583. The van der Waals surface area contributed by atoms with Crippen molar-refractivity contribution in [2.45, 2.75) is 45.8 Å². The molecule has 0 saturated carbocycles. The summed E-state index contributed by atoms with van der Waals surface area (Å²) in [5.41, 5.74) is 6.55. The minimum Gasteiger partial charge on any atom is -0.352 e. The summed E-state index contributed by atoms with van der Waals surface area (Å²) in [4.78, 5) is 11.7. The Hall–Kier alpha value is -1.29. The van der Waals surface area contributed by atoms with Gasteiger partial charge in [-0.1, -0.05) is 13.3 Å². The Morgan fingerprint density at radius 2 is 2.38 bits per heavy atom. The van der Waals surface area contributed by atoms with E-state index in [-0.39, 0.29) is 11.9 Å². The lowest BCUT2D eigenvalue weighted by Gasteiger charge is -2.14. The summed E-state index contributed by atoms with van der Waals surface area (Å²) >= 11 is 0. The molecule has 1 heterocycles. The summed E-state index contributed by atoms with van der Waals surface area (Å²) in [6.07, 6.45) is 3.98. The summed E-state index contributed by atoms with van der Waals surface area (Å²) in [5, 5.41) is 2.97. The first-order valence-electron chi connectivity index (χ1n) is 5.80. The van der Waals surface area contributed by atoms with Crippen molar-refractivity contribution in [1.82, 2.24) is 9.88 Å². The van der Waals surface area contributed by atoms with Crippen LogP contribution in [0.25, 0.3) is 0 Å². The molecule has 0 fully saturated rings. The molecule has 4 heteroatoms. The standard InChI is InChI=1S/C12H21N3O/c1-3-5-10(2)14-12(16)9-15-7-4-6-11(15)8-13/h4,6-7,10H,3,5,8-9,13H2,1-2H3,(H,14,16). The molecular formula is C12H21N3O. The van der Waals surface area contributed by atoms with Crippen LogP contribution in [0.3, 0.4) is 0 Å². The normalized spacial score (nSPS) is 12.4. The molecule has 0 aliphatic rings. The topological polar surface area (TPSA) is 60.0 Å². The van der Waals surface area contributed by atoms with Crippen LogP contribution in [0, 0.1) is 0 Å². The largest absolute Gasteiger partial charge is 0.352 e. The molecule has 0 spiro atoms. The maximum atomic E-state index is 11.7. The molecule has 0 radical (unpaired) electrons. The number of aromatic nitrogens is 1. The van der Waals surface area contributed by atoms with Crippen LogP contribution in [0.2, 0.25) is 0 Å². The molecule has 0 bridgehead atoms. The lowest BCUT2D eigenvalue weighted by atomic mass is 10.2. The van der Waals surface area contributed by atoms with Crippen LogP contribution in [0.1, 0.15) is 32.4 Å². The van der Waals surface area contributed by atoms with Crippen LogP contribution in [0.5, 0.6) is 0 Å². The Morgan fingerprint density at radius 3 is 3.00 bits per heavy atom. The molecule has 90 valence electrons. The average molecular weight is 223 g/mol. The van der Waals surface area contributed by atoms with E-state index in [4.69, 9.17) is 5.73 Å². The number of carbonyl (C=O) groups excluding carboxylic acids is 1. The van der Waals surface area contributed by atoms with E-state index in [1.165, 1.54) is 0 Å². The summed E-state index contributed by atoms with van der Waals surface area (Å²) in [6, 6.07) is 4.09. The first-order chi connectivity index (χ1) is 7.67. The van der Waals surface area contributed by atoms with Crippen LogP contribution in [0.15, 0.2) is 18.3 Å². The van der Waals surface area contributed by atoms with Gasteiger partial charge in [-0.05, 0) is 25.5 Å². The van der Waals surface area contributed by atoms with Gasteiger partial charge in [0, 0.05) is 24.5 Å². The highest BCUT2D eigenvalue weighted by Crippen LogP contribution is 2.01.